The van der Waals surface area contributed by atoms with Gasteiger partial charge in [-0.15, -0.1) is 0 Å². The van der Waals surface area contributed by atoms with E-state index in [1.54, 1.807) is 0 Å². The number of nitrogens with zero attached hydrogens (tertiary/aromatic N) is 1. The van der Waals surface area contributed by atoms with Gasteiger partial charge in [0.05, 0.1) is 0 Å². The van der Waals surface area contributed by atoms with Crippen LogP contribution >= 0.6 is 0 Å². The third kappa shape index (κ3) is 3.29. The Labute approximate surface area is 129 Å². The Morgan fingerprint density at radius 1 is 1.41 bits per heavy atom. The highest BCUT2D eigenvalue weighted by Crippen LogP contribution is 2.48. The molecular formula is C17H22F2N2O. The first-order chi connectivity index (χ1) is 10.6. The third-order valence-electron chi connectivity index (χ3n) is 4.87. The van der Waals surface area contributed by atoms with E-state index >= 15 is 0 Å². The molecule has 1 amide bonds. The Morgan fingerprint density at radius 3 is 2.95 bits per heavy atom. The summed E-state index contributed by atoms with van der Waals surface area (Å²) in [5, 5.41) is 2.93. The molecule has 1 aliphatic heterocycles. The van der Waals surface area contributed by atoms with Crippen LogP contribution in [0.1, 0.15) is 37.7 Å². The summed E-state index contributed by atoms with van der Waals surface area (Å²) in [6.45, 7) is 4.78. The molecule has 22 heavy (non-hydrogen) atoms. The van der Waals surface area contributed by atoms with Crippen LogP contribution in [0, 0.1) is 17.6 Å². The summed E-state index contributed by atoms with van der Waals surface area (Å²) in [7, 11) is 0. The van der Waals surface area contributed by atoms with Gasteiger partial charge >= 0.3 is 0 Å². The number of hydrogen-bond acceptors (Lipinski definition) is 2. The van der Waals surface area contributed by atoms with Crippen LogP contribution in [0.2, 0.25) is 0 Å². The fourth-order valence-corrected chi connectivity index (χ4v) is 3.41. The minimum atomic E-state index is -0.453. The predicted molar refractivity (Wildman–Crippen MR) is 80.5 cm³/mol. The van der Waals surface area contributed by atoms with Gasteiger partial charge in [0.2, 0.25) is 5.91 Å². The van der Waals surface area contributed by atoms with E-state index < -0.39 is 11.6 Å². The number of carbonyl (C=O) groups is 1. The predicted octanol–water partition coefficient (Wildman–Crippen LogP) is 2.67. The summed E-state index contributed by atoms with van der Waals surface area (Å²) < 4.78 is 26.9. The zero-order chi connectivity index (χ0) is 15.7. The zero-order valence-corrected chi connectivity index (χ0v) is 12.8. The number of rotatable bonds is 5. The molecule has 1 saturated heterocycles. The van der Waals surface area contributed by atoms with E-state index in [1.165, 1.54) is 18.9 Å². The van der Waals surface area contributed by atoms with Gasteiger partial charge in [-0.1, -0.05) is 0 Å². The molecule has 0 radical (unpaired) electrons. The quantitative estimate of drug-likeness (QED) is 0.907. The highest BCUT2D eigenvalue weighted by molar-refractivity contribution is 5.82. The molecule has 1 aromatic rings. The fraction of sp³-hybridized carbons (Fsp3) is 0.588. The van der Waals surface area contributed by atoms with E-state index in [2.05, 4.69) is 17.1 Å². The SMILES string of the molecule is CC1CCCN1CCNC(=O)C1CC1c1cc(F)ccc1F. The maximum absolute atomic E-state index is 13.7. The molecule has 1 saturated carbocycles. The van der Waals surface area contributed by atoms with Crippen molar-refractivity contribution in [3.05, 3.63) is 35.4 Å². The Bertz CT molecular complexity index is 564. The average Bonchev–Trinajstić information content (AvgIpc) is 3.19. The minimum absolute atomic E-state index is 0.0412. The van der Waals surface area contributed by atoms with E-state index in [0.717, 1.165) is 25.2 Å². The first kappa shape index (κ1) is 15.4. The molecule has 0 bridgehead atoms. The Kier molecular flexibility index (Phi) is 4.43. The first-order valence-corrected chi connectivity index (χ1v) is 8.03. The van der Waals surface area contributed by atoms with E-state index in [9.17, 15) is 13.6 Å². The molecule has 120 valence electrons. The minimum Gasteiger partial charge on any atom is -0.355 e. The number of hydrogen-bond donors (Lipinski definition) is 1. The normalized spacial score (nSPS) is 27.9. The van der Waals surface area contributed by atoms with Gasteiger partial charge in [-0.25, -0.2) is 8.78 Å². The summed E-state index contributed by atoms with van der Waals surface area (Å²) >= 11 is 0. The van der Waals surface area contributed by atoms with Crippen molar-refractivity contribution in [2.45, 2.75) is 38.1 Å². The Balaban J connectivity index is 1.47. The second kappa shape index (κ2) is 6.32. The van der Waals surface area contributed by atoms with Crippen LogP contribution in [-0.2, 0) is 4.79 Å². The standard InChI is InChI=1S/C17H22F2N2O/c1-11-3-2-7-21(11)8-6-20-17(22)15-10-13(15)14-9-12(18)4-5-16(14)19/h4-5,9,11,13,15H,2-3,6-8,10H2,1H3,(H,20,22). The highest BCUT2D eigenvalue weighted by Gasteiger charge is 2.45. The van der Waals surface area contributed by atoms with E-state index in [-0.39, 0.29) is 17.7 Å². The van der Waals surface area contributed by atoms with Crippen LogP contribution in [-0.4, -0.2) is 36.5 Å². The van der Waals surface area contributed by atoms with E-state index in [0.29, 0.717) is 24.6 Å². The van der Waals surface area contributed by atoms with Gasteiger partial charge in [0.25, 0.3) is 0 Å². The topological polar surface area (TPSA) is 32.3 Å². The number of likely N-dealkylation sites (tertiary alicyclic amines) is 1. The number of halogens is 2. The molecule has 3 unspecified atom stereocenters. The van der Waals surface area contributed by atoms with Gasteiger partial charge in [0.15, 0.2) is 0 Å². The van der Waals surface area contributed by atoms with Crippen molar-refractivity contribution in [3.8, 4) is 0 Å². The smallest absolute Gasteiger partial charge is 0.223 e. The summed E-state index contributed by atoms with van der Waals surface area (Å²) in [5.41, 5.74) is 0.327. The van der Waals surface area contributed by atoms with Crippen molar-refractivity contribution in [2.24, 2.45) is 5.92 Å². The van der Waals surface area contributed by atoms with Crippen LogP contribution in [0.15, 0.2) is 18.2 Å². The number of carbonyl (C=O) groups excluding carboxylic acids is 1. The molecule has 3 atom stereocenters. The maximum atomic E-state index is 13.7. The van der Waals surface area contributed by atoms with E-state index in [4.69, 9.17) is 0 Å². The number of benzene rings is 1. The van der Waals surface area contributed by atoms with Gasteiger partial charge in [0, 0.05) is 25.0 Å². The molecular weight excluding hydrogens is 286 g/mol. The third-order valence-corrected chi connectivity index (χ3v) is 4.87. The molecule has 0 spiro atoms. The van der Waals surface area contributed by atoms with Gasteiger partial charge < -0.3 is 5.32 Å². The monoisotopic (exact) mass is 308 g/mol. The second-order valence-electron chi connectivity index (χ2n) is 6.43. The molecule has 1 heterocycles. The van der Waals surface area contributed by atoms with Crippen LogP contribution in [0.4, 0.5) is 8.78 Å². The lowest BCUT2D eigenvalue weighted by Gasteiger charge is -2.20. The van der Waals surface area contributed by atoms with Crippen molar-refractivity contribution < 1.29 is 13.6 Å². The summed E-state index contributed by atoms with van der Waals surface area (Å²) in [4.78, 5) is 14.5. The Morgan fingerprint density at radius 2 is 2.23 bits per heavy atom. The molecule has 1 N–H and O–H groups in total. The molecule has 1 aliphatic carbocycles. The molecule has 2 aliphatic rings. The van der Waals surface area contributed by atoms with Crippen molar-refractivity contribution in [1.29, 1.82) is 0 Å². The molecule has 3 rings (SSSR count). The largest absolute Gasteiger partial charge is 0.355 e. The van der Waals surface area contributed by atoms with Crippen LogP contribution in [0.3, 0.4) is 0 Å². The van der Waals surface area contributed by atoms with Gasteiger partial charge in [0.1, 0.15) is 11.6 Å². The van der Waals surface area contributed by atoms with E-state index in [1.807, 2.05) is 0 Å². The molecule has 3 nitrogen and oxygen atoms in total. The summed E-state index contributed by atoms with van der Waals surface area (Å²) in [6, 6.07) is 4.03. The fourth-order valence-electron chi connectivity index (χ4n) is 3.41. The van der Waals surface area contributed by atoms with Crippen molar-refractivity contribution in [1.82, 2.24) is 10.2 Å². The Hall–Kier alpha value is -1.49. The molecule has 2 fully saturated rings. The lowest BCUT2D eigenvalue weighted by molar-refractivity contribution is -0.122. The van der Waals surface area contributed by atoms with Crippen LogP contribution in [0.5, 0.6) is 0 Å². The van der Waals surface area contributed by atoms with Crippen LogP contribution < -0.4 is 5.32 Å². The molecule has 0 aromatic heterocycles. The highest BCUT2D eigenvalue weighted by atomic mass is 19.1. The zero-order valence-electron chi connectivity index (χ0n) is 12.8. The lowest BCUT2D eigenvalue weighted by Crippen LogP contribution is -2.37. The number of amides is 1. The summed E-state index contributed by atoms with van der Waals surface area (Å²) in [5.74, 6) is -1.31. The second-order valence-corrected chi connectivity index (χ2v) is 6.43. The molecule has 5 heteroatoms. The van der Waals surface area contributed by atoms with Crippen molar-refractivity contribution in [3.63, 3.8) is 0 Å². The maximum Gasteiger partial charge on any atom is 0.223 e. The van der Waals surface area contributed by atoms with Crippen molar-refractivity contribution in [2.75, 3.05) is 19.6 Å². The van der Waals surface area contributed by atoms with Gasteiger partial charge in [-0.2, -0.15) is 0 Å². The number of nitrogens with one attached hydrogen (secondary N) is 1. The molecule has 1 aromatic carbocycles. The van der Waals surface area contributed by atoms with Gasteiger partial charge in [-0.05, 0) is 62.4 Å². The lowest BCUT2D eigenvalue weighted by atomic mass is 10.1. The summed E-state index contributed by atoms with van der Waals surface area (Å²) in [6.07, 6.45) is 3.04. The average molecular weight is 308 g/mol. The van der Waals surface area contributed by atoms with Crippen molar-refractivity contribution >= 4 is 5.91 Å². The van der Waals surface area contributed by atoms with Gasteiger partial charge in [-0.3, -0.25) is 9.69 Å². The first-order valence-electron chi connectivity index (χ1n) is 8.03. The van der Waals surface area contributed by atoms with Crippen LogP contribution in [0.25, 0.3) is 0 Å².